The maximum absolute atomic E-state index is 14.3. The van der Waals surface area contributed by atoms with Gasteiger partial charge in [-0.05, 0) is 60.9 Å². The molecule has 23 heavy (non-hydrogen) atoms. The second kappa shape index (κ2) is 6.32. The molecule has 0 spiro atoms. The molecule has 0 saturated heterocycles. The Hall–Kier alpha value is -1.88. The predicted molar refractivity (Wildman–Crippen MR) is 78.9 cm³/mol. The molecule has 0 unspecified atom stereocenters. The van der Waals surface area contributed by atoms with Crippen molar-refractivity contribution in [3.8, 4) is 11.1 Å². The van der Waals surface area contributed by atoms with Crippen molar-refractivity contribution in [2.45, 2.75) is 37.7 Å². The predicted octanol–water partition coefficient (Wildman–Crippen LogP) is 4.93. The molecule has 0 amide bonds. The van der Waals surface area contributed by atoms with E-state index in [4.69, 9.17) is 0 Å². The molecular weight excluding hydrogens is 308 g/mol. The van der Waals surface area contributed by atoms with Crippen LogP contribution in [0.3, 0.4) is 0 Å². The maximum Gasteiger partial charge on any atom is 0.194 e. The van der Waals surface area contributed by atoms with Gasteiger partial charge >= 0.3 is 0 Å². The van der Waals surface area contributed by atoms with E-state index in [1.165, 1.54) is 12.1 Å². The molecule has 1 fully saturated rings. The average molecular weight is 324 g/mol. The third-order valence-corrected chi connectivity index (χ3v) is 4.46. The molecular formula is C18H16F4O. The van der Waals surface area contributed by atoms with E-state index < -0.39 is 23.3 Å². The quantitative estimate of drug-likeness (QED) is 0.613. The molecule has 1 aliphatic carbocycles. The summed E-state index contributed by atoms with van der Waals surface area (Å²) < 4.78 is 54.0. The Morgan fingerprint density at radius 1 is 0.783 bits per heavy atom. The lowest BCUT2D eigenvalue weighted by Crippen LogP contribution is -2.17. The number of halogens is 4. The molecule has 2 aromatic rings. The van der Waals surface area contributed by atoms with Gasteiger partial charge in [-0.1, -0.05) is 12.1 Å². The van der Waals surface area contributed by atoms with Gasteiger partial charge in [-0.2, -0.15) is 0 Å². The smallest absolute Gasteiger partial charge is 0.194 e. The largest absolute Gasteiger partial charge is 0.393 e. The first-order valence-electron chi connectivity index (χ1n) is 7.58. The van der Waals surface area contributed by atoms with E-state index in [0.29, 0.717) is 12.8 Å². The Bertz CT molecular complexity index is 698. The van der Waals surface area contributed by atoms with Crippen molar-refractivity contribution < 1.29 is 22.7 Å². The number of hydrogen-bond donors (Lipinski definition) is 1. The van der Waals surface area contributed by atoms with E-state index in [0.717, 1.165) is 30.5 Å². The Labute approximate surface area is 131 Å². The van der Waals surface area contributed by atoms with Crippen molar-refractivity contribution in [3.63, 3.8) is 0 Å². The lowest BCUT2D eigenvalue weighted by molar-refractivity contribution is 0.122. The number of hydrogen-bond acceptors (Lipinski definition) is 1. The maximum atomic E-state index is 14.3. The summed E-state index contributed by atoms with van der Waals surface area (Å²) in [5.41, 5.74) is 0.799. The third kappa shape index (κ3) is 3.24. The summed E-state index contributed by atoms with van der Waals surface area (Å²) in [5.74, 6) is -4.68. The zero-order valence-corrected chi connectivity index (χ0v) is 12.3. The van der Waals surface area contributed by atoms with Gasteiger partial charge in [0.15, 0.2) is 17.5 Å². The Balaban J connectivity index is 1.91. The lowest BCUT2D eigenvalue weighted by Gasteiger charge is -2.26. The summed E-state index contributed by atoms with van der Waals surface area (Å²) in [4.78, 5) is 0. The first-order valence-corrected chi connectivity index (χ1v) is 7.58. The minimum absolute atomic E-state index is 0.0300. The van der Waals surface area contributed by atoms with E-state index in [9.17, 15) is 22.7 Å². The fraction of sp³-hybridized carbons (Fsp3) is 0.333. The van der Waals surface area contributed by atoms with Gasteiger partial charge in [-0.3, -0.25) is 0 Å². The summed E-state index contributed by atoms with van der Waals surface area (Å²) >= 11 is 0. The number of rotatable bonds is 2. The van der Waals surface area contributed by atoms with E-state index in [-0.39, 0.29) is 23.1 Å². The van der Waals surface area contributed by atoms with Gasteiger partial charge in [0.1, 0.15) is 5.82 Å². The van der Waals surface area contributed by atoms with Gasteiger partial charge in [0, 0.05) is 5.56 Å². The van der Waals surface area contributed by atoms with Gasteiger partial charge < -0.3 is 5.11 Å². The normalized spacial score (nSPS) is 21.4. The Kier molecular flexibility index (Phi) is 4.39. The van der Waals surface area contributed by atoms with E-state index >= 15 is 0 Å². The van der Waals surface area contributed by atoms with Crippen LogP contribution < -0.4 is 0 Å². The highest BCUT2D eigenvalue weighted by atomic mass is 19.2. The fourth-order valence-corrected chi connectivity index (χ4v) is 3.14. The van der Waals surface area contributed by atoms with Crippen LogP contribution in [-0.4, -0.2) is 11.2 Å². The standard InChI is InChI=1S/C18H16F4O/c19-15-7-11(10-1-4-13(23)5-2-10)3-6-14(15)12-8-16(20)18(22)17(21)9-12/h3,6-10,13,23H,1-2,4-5H2. The molecule has 2 aromatic carbocycles. The zero-order valence-electron chi connectivity index (χ0n) is 12.3. The van der Waals surface area contributed by atoms with Crippen molar-refractivity contribution in [1.82, 2.24) is 0 Å². The van der Waals surface area contributed by atoms with E-state index in [2.05, 4.69) is 0 Å². The van der Waals surface area contributed by atoms with Crippen LogP contribution >= 0.6 is 0 Å². The Morgan fingerprint density at radius 2 is 1.39 bits per heavy atom. The van der Waals surface area contributed by atoms with Crippen LogP contribution in [0.4, 0.5) is 17.6 Å². The molecule has 0 aliphatic heterocycles. The monoisotopic (exact) mass is 324 g/mol. The second-order valence-electron chi connectivity index (χ2n) is 6.00. The van der Waals surface area contributed by atoms with Crippen LogP contribution in [0.15, 0.2) is 30.3 Å². The molecule has 0 radical (unpaired) electrons. The summed E-state index contributed by atoms with van der Waals surface area (Å²) in [6.07, 6.45) is 2.63. The molecule has 1 aliphatic rings. The van der Waals surface area contributed by atoms with E-state index in [1.807, 2.05) is 0 Å². The highest BCUT2D eigenvalue weighted by Crippen LogP contribution is 2.35. The zero-order chi connectivity index (χ0) is 16.6. The van der Waals surface area contributed by atoms with Gasteiger partial charge in [-0.25, -0.2) is 17.6 Å². The van der Waals surface area contributed by atoms with Gasteiger partial charge in [0.25, 0.3) is 0 Å². The SMILES string of the molecule is OC1CCC(c2ccc(-c3cc(F)c(F)c(F)c3)c(F)c2)CC1. The Morgan fingerprint density at radius 3 is 1.96 bits per heavy atom. The number of benzene rings is 2. The topological polar surface area (TPSA) is 20.2 Å². The van der Waals surface area contributed by atoms with Crippen LogP contribution in [0.2, 0.25) is 0 Å². The van der Waals surface area contributed by atoms with Crippen molar-refractivity contribution in [2.24, 2.45) is 0 Å². The van der Waals surface area contributed by atoms with Crippen molar-refractivity contribution in [2.75, 3.05) is 0 Å². The van der Waals surface area contributed by atoms with Gasteiger partial charge in [-0.15, -0.1) is 0 Å². The first kappa shape index (κ1) is 16.0. The fourth-order valence-electron chi connectivity index (χ4n) is 3.14. The summed E-state index contributed by atoms with van der Waals surface area (Å²) in [5, 5.41) is 9.52. The summed E-state index contributed by atoms with van der Waals surface area (Å²) in [6.45, 7) is 0. The first-order chi connectivity index (χ1) is 11.0. The highest BCUT2D eigenvalue weighted by molar-refractivity contribution is 5.65. The highest BCUT2D eigenvalue weighted by Gasteiger charge is 2.22. The van der Waals surface area contributed by atoms with E-state index in [1.54, 1.807) is 6.07 Å². The van der Waals surface area contributed by atoms with Crippen molar-refractivity contribution in [1.29, 1.82) is 0 Å². The molecule has 0 bridgehead atoms. The molecule has 122 valence electrons. The van der Waals surface area contributed by atoms with Crippen LogP contribution in [0, 0.1) is 23.3 Å². The summed E-state index contributed by atoms with van der Waals surface area (Å²) in [7, 11) is 0. The van der Waals surface area contributed by atoms with Crippen LogP contribution in [-0.2, 0) is 0 Å². The van der Waals surface area contributed by atoms with Crippen molar-refractivity contribution >= 4 is 0 Å². The minimum atomic E-state index is -1.56. The minimum Gasteiger partial charge on any atom is -0.393 e. The number of aliphatic hydroxyl groups excluding tert-OH is 1. The van der Waals surface area contributed by atoms with Crippen molar-refractivity contribution in [3.05, 3.63) is 59.2 Å². The van der Waals surface area contributed by atoms with Crippen LogP contribution in [0.5, 0.6) is 0 Å². The lowest BCUT2D eigenvalue weighted by atomic mass is 9.82. The summed E-state index contributed by atoms with van der Waals surface area (Å²) in [6, 6.07) is 6.11. The molecule has 3 rings (SSSR count). The average Bonchev–Trinajstić information content (AvgIpc) is 2.53. The second-order valence-corrected chi connectivity index (χ2v) is 6.00. The van der Waals surface area contributed by atoms with Crippen LogP contribution in [0.25, 0.3) is 11.1 Å². The molecule has 1 N–H and O–H groups in total. The molecule has 1 nitrogen and oxygen atoms in total. The van der Waals surface area contributed by atoms with Gasteiger partial charge in [0.05, 0.1) is 6.10 Å². The number of aliphatic hydroxyl groups is 1. The molecule has 1 saturated carbocycles. The molecule has 5 heteroatoms. The van der Waals surface area contributed by atoms with Gasteiger partial charge in [0.2, 0.25) is 0 Å². The molecule has 0 aromatic heterocycles. The molecule has 0 heterocycles. The third-order valence-electron chi connectivity index (χ3n) is 4.46. The van der Waals surface area contributed by atoms with Crippen LogP contribution in [0.1, 0.15) is 37.2 Å². The molecule has 0 atom stereocenters.